The molecule has 0 fully saturated rings. The molecule has 0 radical (unpaired) electrons. The van der Waals surface area contributed by atoms with E-state index in [4.69, 9.17) is 21.4 Å². The Labute approximate surface area is 92.1 Å². The molecular formula is C10H12ClFO3. The number of methoxy groups -OCH3 is 1. The highest BCUT2D eigenvalue weighted by atomic mass is 35.5. The molecule has 84 valence electrons. The van der Waals surface area contributed by atoms with Crippen molar-refractivity contribution >= 4 is 11.6 Å². The van der Waals surface area contributed by atoms with Crippen molar-refractivity contribution in [3.05, 3.63) is 22.5 Å². The molecule has 0 aliphatic heterocycles. The highest BCUT2D eigenvalue weighted by Crippen LogP contribution is 2.37. The van der Waals surface area contributed by atoms with E-state index in [9.17, 15) is 9.50 Å². The molecule has 0 heterocycles. The first kappa shape index (κ1) is 12.1. The summed E-state index contributed by atoms with van der Waals surface area (Å²) in [5.41, 5.74) is 0.465. The highest BCUT2D eigenvalue weighted by molar-refractivity contribution is 6.31. The number of halogens is 2. The minimum Gasteiger partial charge on any atom is -0.504 e. The van der Waals surface area contributed by atoms with Crippen LogP contribution in [0.3, 0.4) is 0 Å². The molecule has 0 unspecified atom stereocenters. The molecule has 0 spiro atoms. The smallest absolute Gasteiger partial charge is 0.198 e. The maximum atomic E-state index is 13.3. The normalized spacial score (nSPS) is 10.4. The van der Waals surface area contributed by atoms with E-state index in [0.717, 1.165) is 0 Å². The van der Waals surface area contributed by atoms with Crippen molar-refractivity contribution in [2.24, 2.45) is 0 Å². The van der Waals surface area contributed by atoms with Gasteiger partial charge in [0, 0.05) is 6.61 Å². The summed E-state index contributed by atoms with van der Waals surface area (Å²) in [5, 5.41) is 18.2. The SMILES string of the molecule is COc1c(O)c(CCCO)cc(Cl)c1F. The van der Waals surface area contributed by atoms with Gasteiger partial charge in [0.15, 0.2) is 17.3 Å². The zero-order chi connectivity index (χ0) is 11.4. The van der Waals surface area contributed by atoms with Crippen LogP contribution < -0.4 is 4.74 Å². The van der Waals surface area contributed by atoms with Gasteiger partial charge in [-0.05, 0) is 24.5 Å². The molecule has 0 aliphatic rings. The largest absolute Gasteiger partial charge is 0.504 e. The van der Waals surface area contributed by atoms with Crippen molar-refractivity contribution in [3.63, 3.8) is 0 Å². The summed E-state index contributed by atoms with van der Waals surface area (Å²) in [6.07, 6.45) is 0.886. The molecule has 5 heteroatoms. The van der Waals surface area contributed by atoms with Crippen LogP contribution in [-0.2, 0) is 6.42 Å². The lowest BCUT2D eigenvalue weighted by Crippen LogP contribution is -1.96. The minimum atomic E-state index is -0.774. The quantitative estimate of drug-likeness (QED) is 0.839. The van der Waals surface area contributed by atoms with Gasteiger partial charge in [-0.15, -0.1) is 0 Å². The van der Waals surface area contributed by atoms with Crippen LogP contribution in [0, 0.1) is 5.82 Å². The maximum absolute atomic E-state index is 13.3. The van der Waals surface area contributed by atoms with Gasteiger partial charge in [0.05, 0.1) is 12.1 Å². The summed E-state index contributed by atoms with van der Waals surface area (Å²) in [6.45, 7) is -0.00322. The zero-order valence-corrected chi connectivity index (χ0v) is 9.01. The first-order valence-electron chi connectivity index (χ1n) is 4.46. The molecule has 0 saturated carbocycles. The van der Waals surface area contributed by atoms with Crippen molar-refractivity contribution in [1.29, 1.82) is 0 Å². The molecule has 0 atom stereocenters. The molecule has 15 heavy (non-hydrogen) atoms. The van der Waals surface area contributed by atoms with E-state index in [1.807, 2.05) is 0 Å². The van der Waals surface area contributed by atoms with Crippen molar-refractivity contribution in [2.45, 2.75) is 12.8 Å². The number of aryl methyl sites for hydroxylation is 1. The molecule has 2 N–H and O–H groups in total. The van der Waals surface area contributed by atoms with Gasteiger partial charge in [-0.1, -0.05) is 11.6 Å². The van der Waals surface area contributed by atoms with Crippen LogP contribution in [0.2, 0.25) is 5.02 Å². The van der Waals surface area contributed by atoms with Gasteiger partial charge in [-0.3, -0.25) is 0 Å². The summed E-state index contributed by atoms with van der Waals surface area (Å²) in [4.78, 5) is 0. The number of aromatic hydroxyl groups is 1. The second kappa shape index (κ2) is 5.19. The number of phenols is 1. The zero-order valence-electron chi connectivity index (χ0n) is 8.26. The Morgan fingerprint density at radius 2 is 2.20 bits per heavy atom. The van der Waals surface area contributed by atoms with E-state index in [0.29, 0.717) is 18.4 Å². The summed E-state index contributed by atoms with van der Waals surface area (Å²) < 4.78 is 18.0. The van der Waals surface area contributed by atoms with Crippen LogP contribution in [0.15, 0.2) is 6.07 Å². The minimum absolute atomic E-state index is 0.00322. The predicted molar refractivity (Wildman–Crippen MR) is 55.0 cm³/mol. The number of aliphatic hydroxyl groups is 1. The van der Waals surface area contributed by atoms with E-state index >= 15 is 0 Å². The standard InChI is InChI=1S/C10H12ClFO3/c1-15-10-8(12)7(11)5-6(9(10)14)3-2-4-13/h5,13-14H,2-4H2,1H3. The fourth-order valence-electron chi connectivity index (χ4n) is 1.29. The van der Waals surface area contributed by atoms with Crippen LogP contribution in [0.4, 0.5) is 4.39 Å². The highest BCUT2D eigenvalue weighted by Gasteiger charge is 2.17. The van der Waals surface area contributed by atoms with Gasteiger partial charge >= 0.3 is 0 Å². The second-order valence-corrected chi connectivity index (χ2v) is 3.45. The Morgan fingerprint density at radius 1 is 1.53 bits per heavy atom. The van der Waals surface area contributed by atoms with Crippen LogP contribution >= 0.6 is 11.6 Å². The number of hydrogen-bond acceptors (Lipinski definition) is 3. The van der Waals surface area contributed by atoms with Gasteiger partial charge < -0.3 is 14.9 Å². The Bertz CT molecular complexity index is 355. The lowest BCUT2D eigenvalue weighted by Gasteiger charge is -2.10. The summed E-state index contributed by atoms with van der Waals surface area (Å²) >= 11 is 5.62. The van der Waals surface area contributed by atoms with Crippen LogP contribution in [-0.4, -0.2) is 23.9 Å². The van der Waals surface area contributed by atoms with Crippen molar-refractivity contribution < 1.29 is 19.3 Å². The van der Waals surface area contributed by atoms with Gasteiger partial charge in [0.1, 0.15) is 0 Å². The maximum Gasteiger partial charge on any atom is 0.198 e. The number of hydrogen-bond donors (Lipinski definition) is 2. The molecule has 0 amide bonds. The van der Waals surface area contributed by atoms with Crippen LogP contribution in [0.25, 0.3) is 0 Å². The number of phenolic OH excluding ortho intramolecular Hbond substituents is 1. The summed E-state index contributed by atoms with van der Waals surface area (Å²) in [6, 6.07) is 1.34. The van der Waals surface area contributed by atoms with Gasteiger partial charge in [-0.25, -0.2) is 4.39 Å². The fraction of sp³-hybridized carbons (Fsp3) is 0.400. The number of benzene rings is 1. The first-order chi connectivity index (χ1) is 7.11. The van der Waals surface area contributed by atoms with E-state index in [1.165, 1.54) is 13.2 Å². The molecular weight excluding hydrogens is 223 g/mol. The third kappa shape index (κ3) is 2.52. The Morgan fingerprint density at radius 3 is 2.73 bits per heavy atom. The summed E-state index contributed by atoms with van der Waals surface area (Å²) in [7, 11) is 1.25. The first-order valence-corrected chi connectivity index (χ1v) is 4.84. The molecule has 1 aromatic rings. The topological polar surface area (TPSA) is 49.7 Å². The third-order valence-corrected chi connectivity index (χ3v) is 2.31. The van der Waals surface area contributed by atoms with Gasteiger partial charge in [0.2, 0.25) is 0 Å². The predicted octanol–water partition coefficient (Wildman–Crippen LogP) is 2.12. The monoisotopic (exact) mass is 234 g/mol. The number of aliphatic hydroxyl groups excluding tert-OH is 1. The van der Waals surface area contributed by atoms with Crippen LogP contribution in [0.5, 0.6) is 11.5 Å². The van der Waals surface area contributed by atoms with Crippen molar-refractivity contribution in [3.8, 4) is 11.5 Å². The molecule has 0 aliphatic carbocycles. The molecule has 0 aromatic heterocycles. The van der Waals surface area contributed by atoms with Crippen molar-refractivity contribution in [1.82, 2.24) is 0 Å². The van der Waals surface area contributed by atoms with Gasteiger partial charge in [0.25, 0.3) is 0 Å². The average Bonchev–Trinajstić information content (AvgIpc) is 2.22. The molecule has 0 bridgehead atoms. The number of ether oxygens (including phenoxy) is 1. The molecule has 3 nitrogen and oxygen atoms in total. The fourth-order valence-corrected chi connectivity index (χ4v) is 1.51. The van der Waals surface area contributed by atoms with E-state index < -0.39 is 5.82 Å². The molecule has 1 aromatic carbocycles. The van der Waals surface area contributed by atoms with Gasteiger partial charge in [-0.2, -0.15) is 0 Å². The second-order valence-electron chi connectivity index (χ2n) is 3.04. The summed E-state index contributed by atoms with van der Waals surface area (Å²) in [5.74, 6) is -1.28. The molecule has 1 rings (SSSR count). The van der Waals surface area contributed by atoms with E-state index in [2.05, 4.69) is 0 Å². The van der Waals surface area contributed by atoms with E-state index in [1.54, 1.807) is 0 Å². The Kier molecular flexibility index (Phi) is 4.17. The molecule has 0 saturated heterocycles. The third-order valence-electron chi connectivity index (χ3n) is 2.04. The Balaban J connectivity index is 3.12. The van der Waals surface area contributed by atoms with Crippen LogP contribution in [0.1, 0.15) is 12.0 Å². The lowest BCUT2D eigenvalue weighted by atomic mass is 10.1. The van der Waals surface area contributed by atoms with Crippen molar-refractivity contribution in [2.75, 3.05) is 13.7 Å². The lowest BCUT2D eigenvalue weighted by molar-refractivity contribution is 0.287. The number of rotatable bonds is 4. The average molecular weight is 235 g/mol. The van der Waals surface area contributed by atoms with E-state index in [-0.39, 0.29) is 23.1 Å². The Hall–Kier alpha value is -1.00.